The molecule has 104 valence electrons. The summed E-state index contributed by atoms with van der Waals surface area (Å²) >= 11 is 6.07. The molecule has 2 atom stereocenters. The summed E-state index contributed by atoms with van der Waals surface area (Å²) in [5, 5.41) is 14.4. The third-order valence-corrected chi connectivity index (χ3v) is 3.89. The van der Waals surface area contributed by atoms with E-state index in [-0.39, 0.29) is 17.8 Å². The van der Waals surface area contributed by atoms with Crippen LogP contribution in [0.1, 0.15) is 32.1 Å². The number of nitrogens with one attached hydrogen (secondary N) is 1. The Labute approximate surface area is 117 Å². The van der Waals surface area contributed by atoms with Crippen molar-refractivity contribution in [3.05, 3.63) is 33.3 Å². The van der Waals surface area contributed by atoms with E-state index in [1.165, 1.54) is 18.6 Å². The number of hydrogen-bond acceptors (Lipinski definition) is 4. The first-order valence-electron chi connectivity index (χ1n) is 6.54. The maximum atomic E-state index is 10.7. The molecular formula is C13H18ClN3O2. The lowest BCUT2D eigenvalue weighted by atomic mass is 10.0. The summed E-state index contributed by atoms with van der Waals surface area (Å²) in [6, 6.07) is 4.76. The van der Waals surface area contributed by atoms with Crippen molar-refractivity contribution in [2.75, 3.05) is 5.32 Å². The van der Waals surface area contributed by atoms with E-state index in [4.69, 9.17) is 17.3 Å². The average Bonchev–Trinajstić information content (AvgIpc) is 2.57. The molecule has 0 bridgehead atoms. The Morgan fingerprint density at radius 3 is 2.74 bits per heavy atom. The second-order valence-electron chi connectivity index (χ2n) is 4.97. The van der Waals surface area contributed by atoms with Gasteiger partial charge in [0.2, 0.25) is 0 Å². The van der Waals surface area contributed by atoms with Gasteiger partial charge in [-0.3, -0.25) is 10.1 Å². The zero-order valence-electron chi connectivity index (χ0n) is 10.6. The number of non-ortho nitro benzene ring substituents is 1. The molecule has 0 aromatic heterocycles. The number of rotatable bonds is 3. The lowest BCUT2D eigenvalue weighted by Crippen LogP contribution is -2.39. The Bertz CT molecular complexity index is 467. The molecule has 5 nitrogen and oxygen atoms in total. The lowest BCUT2D eigenvalue weighted by Gasteiger charge is -2.24. The number of anilines is 1. The van der Waals surface area contributed by atoms with Crippen molar-refractivity contribution in [2.45, 2.75) is 44.2 Å². The zero-order chi connectivity index (χ0) is 13.8. The predicted molar refractivity (Wildman–Crippen MR) is 76.6 cm³/mol. The van der Waals surface area contributed by atoms with E-state index in [0.717, 1.165) is 31.4 Å². The van der Waals surface area contributed by atoms with Crippen molar-refractivity contribution in [1.82, 2.24) is 0 Å². The Balaban J connectivity index is 2.11. The molecule has 1 aliphatic rings. The minimum atomic E-state index is -0.451. The highest BCUT2D eigenvalue weighted by molar-refractivity contribution is 6.33. The van der Waals surface area contributed by atoms with Gasteiger partial charge in [-0.25, -0.2) is 0 Å². The van der Waals surface area contributed by atoms with Gasteiger partial charge in [-0.2, -0.15) is 0 Å². The van der Waals surface area contributed by atoms with E-state index in [1.807, 2.05) is 0 Å². The Kier molecular flexibility index (Phi) is 4.61. The SMILES string of the molecule is NC1CCCCCC1Nc1ccc([N+](=O)[O-])cc1Cl. The van der Waals surface area contributed by atoms with Gasteiger partial charge in [0.15, 0.2) is 0 Å². The van der Waals surface area contributed by atoms with E-state index in [2.05, 4.69) is 5.32 Å². The Morgan fingerprint density at radius 1 is 1.32 bits per heavy atom. The number of hydrogen-bond donors (Lipinski definition) is 2. The summed E-state index contributed by atoms with van der Waals surface area (Å²) in [5.41, 5.74) is 6.86. The molecule has 0 saturated heterocycles. The molecule has 0 amide bonds. The van der Waals surface area contributed by atoms with Crippen LogP contribution in [0.4, 0.5) is 11.4 Å². The van der Waals surface area contributed by atoms with Crippen LogP contribution in [-0.4, -0.2) is 17.0 Å². The normalized spacial score (nSPS) is 23.7. The number of halogens is 1. The van der Waals surface area contributed by atoms with Crippen molar-refractivity contribution >= 4 is 23.0 Å². The van der Waals surface area contributed by atoms with Gasteiger partial charge in [0.25, 0.3) is 5.69 Å². The highest BCUT2D eigenvalue weighted by atomic mass is 35.5. The van der Waals surface area contributed by atoms with Crippen LogP contribution in [0, 0.1) is 10.1 Å². The standard InChI is InChI=1S/C13H18ClN3O2/c14-10-8-9(17(18)19)6-7-12(10)16-13-5-3-1-2-4-11(13)15/h6-8,11,13,16H,1-5,15H2. The van der Waals surface area contributed by atoms with Crippen LogP contribution in [0.2, 0.25) is 5.02 Å². The molecule has 6 heteroatoms. The number of benzene rings is 1. The first kappa shape index (κ1) is 14.1. The van der Waals surface area contributed by atoms with Crippen LogP contribution in [0.3, 0.4) is 0 Å². The molecule has 0 spiro atoms. The monoisotopic (exact) mass is 283 g/mol. The molecule has 2 rings (SSSR count). The number of nitrogens with zero attached hydrogens (tertiary/aromatic N) is 1. The third kappa shape index (κ3) is 3.58. The molecule has 1 saturated carbocycles. The van der Waals surface area contributed by atoms with Gasteiger partial charge in [0, 0.05) is 24.2 Å². The first-order valence-corrected chi connectivity index (χ1v) is 6.92. The fourth-order valence-electron chi connectivity index (χ4n) is 2.45. The lowest BCUT2D eigenvalue weighted by molar-refractivity contribution is -0.384. The van der Waals surface area contributed by atoms with Crippen molar-refractivity contribution in [3.63, 3.8) is 0 Å². The molecule has 1 aromatic rings. The van der Waals surface area contributed by atoms with E-state index >= 15 is 0 Å². The van der Waals surface area contributed by atoms with E-state index < -0.39 is 4.92 Å². The number of nitro groups is 1. The van der Waals surface area contributed by atoms with Crippen molar-refractivity contribution < 1.29 is 4.92 Å². The molecule has 2 unspecified atom stereocenters. The third-order valence-electron chi connectivity index (χ3n) is 3.57. The van der Waals surface area contributed by atoms with E-state index in [9.17, 15) is 10.1 Å². The van der Waals surface area contributed by atoms with Crippen LogP contribution in [0.15, 0.2) is 18.2 Å². The molecule has 3 N–H and O–H groups in total. The van der Waals surface area contributed by atoms with Gasteiger partial charge >= 0.3 is 0 Å². The minimum Gasteiger partial charge on any atom is -0.380 e. The second kappa shape index (κ2) is 6.21. The summed E-state index contributed by atoms with van der Waals surface area (Å²) in [4.78, 5) is 10.2. The van der Waals surface area contributed by atoms with Crippen molar-refractivity contribution in [2.24, 2.45) is 5.73 Å². The maximum absolute atomic E-state index is 10.7. The van der Waals surface area contributed by atoms with Gasteiger partial charge in [-0.15, -0.1) is 0 Å². The summed E-state index contributed by atoms with van der Waals surface area (Å²) in [6.07, 6.45) is 5.53. The molecule has 0 radical (unpaired) electrons. The van der Waals surface area contributed by atoms with Crippen LogP contribution in [-0.2, 0) is 0 Å². The van der Waals surface area contributed by atoms with Crippen LogP contribution >= 0.6 is 11.6 Å². The van der Waals surface area contributed by atoms with Gasteiger partial charge in [-0.05, 0) is 18.9 Å². The van der Waals surface area contributed by atoms with Crippen molar-refractivity contribution in [3.8, 4) is 0 Å². The summed E-state index contributed by atoms with van der Waals surface area (Å²) in [6.45, 7) is 0. The largest absolute Gasteiger partial charge is 0.380 e. The van der Waals surface area contributed by atoms with Crippen molar-refractivity contribution in [1.29, 1.82) is 0 Å². The summed E-state index contributed by atoms with van der Waals surface area (Å²) < 4.78 is 0. The number of nitro benzene ring substituents is 1. The van der Waals surface area contributed by atoms with Gasteiger partial charge in [0.1, 0.15) is 0 Å². The summed E-state index contributed by atoms with van der Waals surface area (Å²) in [7, 11) is 0. The van der Waals surface area contributed by atoms with Gasteiger partial charge < -0.3 is 11.1 Å². The Morgan fingerprint density at radius 2 is 2.05 bits per heavy atom. The van der Waals surface area contributed by atoms with Crippen LogP contribution < -0.4 is 11.1 Å². The van der Waals surface area contributed by atoms with Gasteiger partial charge in [-0.1, -0.05) is 30.9 Å². The quantitative estimate of drug-likeness (QED) is 0.506. The smallest absolute Gasteiger partial charge is 0.271 e. The van der Waals surface area contributed by atoms with Crippen LogP contribution in [0.25, 0.3) is 0 Å². The molecular weight excluding hydrogens is 266 g/mol. The molecule has 0 aliphatic heterocycles. The predicted octanol–water partition coefficient (Wildman–Crippen LogP) is 3.32. The van der Waals surface area contributed by atoms with E-state index in [0.29, 0.717) is 5.02 Å². The molecule has 1 aromatic carbocycles. The zero-order valence-corrected chi connectivity index (χ0v) is 11.4. The fourth-order valence-corrected chi connectivity index (χ4v) is 2.68. The molecule has 0 heterocycles. The topological polar surface area (TPSA) is 81.2 Å². The van der Waals surface area contributed by atoms with E-state index in [1.54, 1.807) is 6.07 Å². The fraction of sp³-hybridized carbons (Fsp3) is 0.538. The van der Waals surface area contributed by atoms with Gasteiger partial charge in [0.05, 0.1) is 15.6 Å². The summed E-state index contributed by atoms with van der Waals surface area (Å²) in [5.74, 6) is 0. The molecule has 19 heavy (non-hydrogen) atoms. The highest BCUT2D eigenvalue weighted by Gasteiger charge is 2.21. The average molecular weight is 284 g/mol. The first-order chi connectivity index (χ1) is 9.08. The molecule has 1 fully saturated rings. The highest BCUT2D eigenvalue weighted by Crippen LogP contribution is 2.29. The van der Waals surface area contributed by atoms with Crippen LogP contribution in [0.5, 0.6) is 0 Å². The maximum Gasteiger partial charge on any atom is 0.271 e. The number of nitrogens with two attached hydrogens (primary N) is 1. The Hall–Kier alpha value is -1.33. The second-order valence-corrected chi connectivity index (χ2v) is 5.38. The molecule has 1 aliphatic carbocycles. The minimum absolute atomic E-state index is 0.000662.